The highest BCUT2D eigenvalue weighted by molar-refractivity contribution is 8.06. The van der Waals surface area contributed by atoms with Crippen molar-refractivity contribution in [1.82, 2.24) is 0 Å². The molecule has 66 valence electrons. The standard InChI is InChI=1S/C4H11N2O3PS/c5-3-1-2-4(3,6)9-10(7,8)11/h3H,1-2,5-6H2,(H2,7,8,11)/t3?,4-/m0/s1. The maximum atomic E-state index is 8.76. The molecule has 0 aromatic heterocycles. The fourth-order valence-electron chi connectivity index (χ4n) is 0.930. The lowest BCUT2D eigenvalue weighted by Gasteiger charge is -2.44. The van der Waals surface area contributed by atoms with Gasteiger partial charge in [0.1, 0.15) is 5.72 Å². The van der Waals surface area contributed by atoms with Gasteiger partial charge in [0.25, 0.3) is 0 Å². The van der Waals surface area contributed by atoms with E-state index in [2.05, 4.69) is 16.3 Å². The highest BCUT2D eigenvalue weighted by atomic mass is 32.5. The smallest absolute Gasteiger partial charge is 0.323 e. The lowest BCUT2D eigenvalue weighted by molar-refractivity contribution is -0.0328. The van der Waals surface area contributed by atoms with Gasteiger partial charge in [-0.3, -0.25) is 4.52 Å². The van der Waals surface area contributed by atoms with Crippen LogP contribution in [0.15, 0.2) is 0 Å². The van der Waals surface area contributed by atoms with Crippen molar-refractivity contribution in [3.8, 4) is 0 Å². The van der Waals surface area contributed by atoms with Crippen LogP contribution in [0.25, 0.3) is 0 Å². The van der Waals surface area contributed by atoms with Gasteiger partial charge in [0.05, 0.1) is 0 Å². The molecule has 0 bridgehead atoms. The van der Waals surface area contributed by atoms with Crippen molar-refractivity contribution in [2.45, 2.75) is 24.6 Å². The summed E-state index contributed by atoms with van der Waals surface area (Å²) in [5.41, 5.74) is 9.88. The van der Waals surface area contributed by atoms with Gasteiger partial charge in [0.2, 0.25) is 0 Å². The monoisotopic (exact) mass is 198 g/mol. The lowest BCUT2D eigenvalue weighted by Crippen LogP contribution is -2.64. The van der Waals surface area contributed by atoms with Crippen LogP contribution in [0.1, 0.15) is 12.8 Å². The maximum absolute atomic E-state index is 8.76. The molecule has 0 aromatic carbocycles. The topological polar surface area (TPSA) is 102 Å². The van der Waals surface area contributed by atoms with E-state index in [4.69, 9.17) is 21.3 Å². The average Bonchev–Trinajstić information content (AvgIpc) is 1.81. The zero-order valence-electron chi connectivity index (χ0n) is 5.80. The van der Waals surface area contributed by atoms with Crippen LogP contribution in [0.3, 0.4) is 0 Å². The summed E-state index contributed by atoms with van der Waals surface area (Å²) in [6.45, 7) is -3.66. The Labute approximate surface area is 69.6 Å². The summed E-state index contributed by atoms with van der Waals surface area (Å²) in [6.07, 6.45) is 1.25. The summed E-state index contributed by atoms with van der Waals surface area (Å²) in [5, 5.41) is 0. The molecule has 0 heterocycles. The van der Waals surface area contributed by atoms with E-state index in [1.54, 1.807) is 0 Å². The van der Waals surface area contributed by atoms with E-state index >= 15 is 0 Å². The predicted molar refractivity (Wildman–Crippen MR) is 43.9 cm³/mol. The second kappa shape index (κ2) is 2.74. The molecule has 7 heteroatoms. The van der Waals surface area contributed by atoms with E-state index in [9.17, 15) is 0 Å². The fourth-order valence-corrected chi connectivity index (χ4v) is 2.02. The van der Waals surface area contributed by atoms with Gasteiger partial charge in [0.15, 0.2) is 0 Å². The molecule has 0 aromatic rings. The molecule has 1 aliphatic carbocycles. The molecular formula is C4H11N2O3PS. The Kier molecular flexibility index (Phi) is 2.38. The van der Waals surface area contributed by atoms with Crippen LogP contribution >= 0.6 is 6.72 Å². The SMILES string of the molecule is NC1CC[C@]1(N)OP(O)(O)=S. The minimum atomic E-state index is -3.66. The van der Waals surface area contributed by atoms with Crippen LogP contribution in [-0.4, -0.2) is 21.6 Å². The Morgan fingerprint density at radius 3 is 2.27 bits per heavy atom. The summed E-state index contributed by atoms with van der Waals surface area (Å²) >= 11 is 4.25. The quantitative estimate of drug-likeness (QED) is 0.335. The lowest BCUT2D eigenvalue weighted by atomic mass is 9.84. The van der Waals surface area contributed by atoms with Gasteiger partial charge in [-0.05, 0) is 24.6 Å². The van der Waals surface area contributed by atoms with E-state index in [0.29, 0.717) is 6.42 Å². The van der Waals surface area contributed by atoms with Crippen molar-refractivity contribution in [2.75, 3.05) is 0 Å². The first kappa shape index (κ1) is 9.54. The van der Waals surface area contributed by atoms with Crippen LogP contribution in [0.5, 0.6) is 0 Å². The van der Waals surface area contributed by atoms with Crippen LogP contribution in [0.2, 0.25) is 0 Å². The molecule has 1 aliphatic rings. The van der Waals surface area contributed by atoms with Crippen molar-refractivity contribution in [3.05, 3.63) is 0 Å². The van der Waals surface area contributed by atoms with Crippen molar-refractivity contribution in [2.24, 2.45) is 11.5 Å². The summed E-state index contributed by atoms with van der Waals surface area (Å²) in [5.74, 6) is 0. The normalized spacial score (nSPS) is 38.4. The van der Waals surface area contributed by atoms with E-state index in [1.165, 1.54) is 0 Å². The summed E-state index contributed by atoms with van der Waals surface area (Å²) in [7, 11) is 0. The molecule has 6 N–H and O–H groups in total. The summed E-state index contributed by atoms with van der Waals surface area (Å²) in [4.78, 5) is 17.5. The third-order valence-electron chi connectivity index (χ3n) is 1.76. The Morgan fingerprint density at radius 1 is 1.64 bits per heavy atom. The highest BCUT2D eigenvalue weighted by Gasteiger charge is 2.45. The maximum Gasteiger partial charge on any atom is 0.323 e. The molecular weight excluding hydrogens is 187 g/mol. The molecule has 2 atom stereocenters. The first-order chi connectivity index (χ1) is 4.83. The first-order valence-electron chi connectivity index (χ1n) is 3.14. The molecule has 1 rings (SSSR count). The van der Waals surface area contributed by atoms with E-state index in [1.807, 2.05) is 0 Å². The molecule has 0 spiro atoms. The highest BCUT2D eigenvalue weighted by Crippen LogP contribution is 2.46. The molecule has 0 radical (unpaired) electrons. The molecule has 1 unspecified atom stereocenters. The van der Waals surface area contributed by atoms with Gasteiger partial charge in [-0.2, -0.15) is 0 Å². The third-order valence-corrected chi connectivity index (χ3v) is 2.56. The van der Waals surface area contributed by atoms with Crippen molar-refractivity contribution < 1.29 is 14.3 Å². The van der Waals surface area contributed by atoms with E-state index in [0.717, 1.165) is 6.42 Å². The van der Waals surface area contributed by atoms with Gasteiger partial charge >= 0.3 is 6.72 Å². The molecule has 0 aliphatic heterocycles. The van der Waals surface area contributed by atoms with Crippen LogP contribution in [-0.2, 0) is 16.3 Å². The Bertz CT molecular complexity index is 208. The zero-order chi connectivity index (χ0) is 8.70. The third kappa shape index (κ3) is 2.19. The summed E-state index contributed by atoms with van der Waals surface area (Å²) < 4.78 is 4.66. The minimum Gasteiger partial charge on any atom is -0.324 e. The van der Waals surface area contributed by atoms with Gasteiger partial charge in [0, 0.05) is 6.04 Å². The zero-order valence-corrected chi connectivity index (χ0v) is 7.52. The Morgan fingerprint density at radius 2 is 2.18 bits per heavy atom. The molecule has 5 nitrogen and oxygen atoms in total. The molecule has 1 saturated carbocycles. The fraction of sp³-hybridized carbons (Fsp3) is 1.00. The van der Waals surface area contributed by atoms with Gasteiger partial charge in [-0.1, -0.05) is 0 Å². The predicted octanol–water partition coefficient (Wildman–Crippen LogP) is -1.01. The van der Waals surface area contributed by atoms with E-state index < -0.39 is 12.4 Å². The molecule has 11 heavy (non-hydrogen) atoms. The number of rotatable bonds is 2. The van der Waals surface area contributed by atoms with Crippen LogP contribution < -0.4 is 11.5 Å². The largest absolute Gasteiger partial charge is 0.324 e. The van der Waals surface area contributed by atoms with Gasteiger partial charge in [-0.15, -0.1) is 0 Å². The molecule has 0 saturated heterocycles. The van der Waals surface area contributed by atoms with Gasteiger partial charge < -0.3 is 21.3 Å². The second-order valence-electron chi connectivity index (χ2n) is 2.68. The van der Waals surface area contributed by atoms with Crippen molar-refractivity contribution in [3.63, 3.8) is 0 Å². The van der Waals surface area contributed by atoms with Crippen LogP contribution in [0, 0.1) is 0 Å². The molecule has 1 fully saturated rings. The number of hydrogen-bond acceptors (Lipinski definition) is 4. The average molecular weight is 198 g/mol. The summed E-state index contributed by atoms with van der Waals surface area (Å²) in [6, 6.07) is -0.343. The van der Waals surface area contributed by atoms with E-state index in [-0.39, 0.29) is 6.04 Å². The minimum absolute atomic E-state index is 0.343. The second-order valence-corrected chi connectivity index (χ2v) is 5.27. The Hall–Kier alpha value is 0.450. The molecule has 0 amide bonds. The van der Waals surface area contributed by atoms with Crippen molar-refractivity contribution in [1.29, 1.82) is 0 Å². The van der Waals surface area contributed by atoms with Gasteiger partial charge in [-0.25, -0.2) is 0 Å². The first-order valence-corrected chi connectivity index (χ1v) is 5.77. The Balaban J connectivity index is 2.55. The van der Waals surface area contributed by atoms with Crippen molar-refractivity contribution >= 4 is 18.5 Å². The number of nitrogens with two attached hydrogens (primary N) is 2. The van der Waals surface area contributed by atoms with Crippen LogP contribution in [0.4, 0.5) is 0 Å². The number of hydrogen-bond donors (Lipinski definition) is 4.